The highest BCUT2D eigenvalue weighted by Gasteiger charge is 2.02. The predicted molar refractivity (Wildman–Crippen MR) is 69.8 cm³/mol. The topological polar surface area (TPSA) is 40.5 Å². The van der Waals surface area contributed by atoms with Crippen LogP contribution in [0.5, 0.6) is 0 Å². The maximum absolute atomic E-state index is 9.18. The Morgan fingerprint density at radius 2 is 2.12 bits per heavy atom. The van der Waals surface area contributed by atoms with Gasteiger partial charge in [0.25, 0.3) is 0 Å². The van der Waals surface area contributed by atoms with E-state index in [1.165, 1.54) is 9.75 Å². The van der Waals surface area contributed by atoms with Gasteiger partial charge in [-0.05, 0) is 29.7 Å². The number of thiophene rings is 2. The highest BCUT2D eigenvalue weighted by atomic mass is 32.1. The van der Waals surface area contributed by atoms with Crippen molar-refractivity contribution in [1.29, 1.82) is 0 Å². The summed E-state index contributed by atoms with van der Waals surface area (Å²) in [5, 5.41) is 19.9. The number of aliphatic hydroxyl groups is 2. The van der Waals surface area contributed by atoms with Crippen LogP contribution in [0.2, 0.25) is 0 Å². The fourth-order valence-electron chi connectivity index (χ4n) is 1.26. The molecule has 16 heavy (non-hydrogen) atoms. The van der Waals surface area contributed by atoms with Crippen LogP contribution in [0, 0.1) is 0 Å². The van der Waals surface area contributed by atoms with Crippen molar-refractivity contribution in [2.75, 3.05) is 6.61 Å². The third-order valence-corrected chi connectivity index (χ3v) is 4.18. The fourth-order valence-corrected chi connectivity index (χ4v) is 3.02. The lowest BCUT2D eigenvalue weighted by Gasteiger charge is -1.96. The smallest absolute Gasteiger partial charge is 0.0955 e. The first-order chi connectivity index (χ1) is 7.79. The van der Waals surface area contributed by atoms with Gasteiger partial charge in [-0.3, -0.25) is 0 Å². The average Bonchev–Trinajstić information content (AvgIpc) is 2.95. The maximum Gasteiger partial charge on any atom is 0.0955 e. The molecule has 0 aromatic carbocycles. The molecule has 0 saturated heterocycles. The molecule has 0 radical (unpaired) electrons. The molecule has 84 valence electrons. The average molecular weight is 252 g/mol. The van der Waals surface area contributed by atoms with E-state index in [0.717, 1.165) is 4.88 Å². The van der Waals surface area contributed by atoms with Crippen LogP contribution in [0.4, 0.5) is 0 Å². The summed E-state index contributed by atoms with van der Waals surface area (Å²) in [6.07, 6.45) is 2.67. The molecule has 0 saturated carbocycles. The van der Waals surface area contributed by atoms with E-state index in [0.29, 0.717) is 0 Å². The first-order valence-electron chi connectivity index (χ1n) is 4.90. The largest absolute Gasteiger partial charge is 0.393 e. The Labute approximate surface area is 102 Å². The quantitative estimate of drug-likeness (QED) is 0.878. The van der Waals surface area contributed by atoms with Gasteiger partial charge in [0.1, 0.15) is 0 Å². The number of hydrogen-bond donors (Lipinski definition) is 2. The lowest BCUT2D eigenvalue weighted by molar-refractivity contribution is 0.131. The molecule has 0 fully saturated rings. The molecule has 4 heteroatoms. The Morgan fingerprint density at radius 1 is 1.25 bits per heavy atom. The second kappa shape index (κ2) is 5.41. The first-order valence-corrected chi connectivity index (χ1v) is 6.60. The van der Waals surface area contributed by atoms with Gasteiger partial charge in [0.15, 0.2) is 0 Å². The van der Waals surface area contributed by atoms with Crippen molar-refractivity contribution in [2.45, 2.75) is 6.10 Å². The van der Waals surface area contributed by atoms with Gasteiger partial charge < -0.3 is 10.2 Å². The Hall–Kier alpha value is -0.940. The van der Waals surface area contributed by atoms with Gasteiger partial charge >= 0.3 is 0 Å². The van der Waals surface area contributed by atoms with E-state index in [9.17, 15) is 5.11 Å². The van der Waals surface area contributed by atoms with Crippen molar-refractivity contribution in [1.82, 2.24) is 0 Å². The highest BCUT2D eigenvalue weighted by molar-refractivity contribution is 7.21. The normalized spacial score (nSPS) is 13.4. The molecule has 0 bridgehead atoms. The molecular weight excluding hydrogens is 240 g/mol. The van der Waals surface area contributed by atoms with Crippen molar-refractivity contribution < 1.29 is 10.2 Å². The van der Waals surface area contributed by atoms with Crippen LogP contribution in [-0.4, -0.2) is 22.9 Å². The van der Waals surface area contributed by atoms with E-state index in [4.69, 9.17) is 5.11 Å². The molecule has 0 aliphatic heterocycles. The van der Waals surface area contributed by atoms with E-state index in [1.54, 1.807) is 28.7 Å². The summed E-state index contributed by atoms with van der Waals surface area (Å²) in [6.45, 7) is -0.236. The molecular formula is C12H12O2S2. The Bertz CT molecular complexity index is 457. The van der Waals surface area contributed by atoms with Crippen molar-refractivity contribution in [3.05, 3.63) is 40.6 Å². The van der Waals surface area contributed by atoms with Crippen LogP contribution in [0.15, 0.2) is 35.7 Å². The lowest BCUT2D eigenvalue weighted by atomic mass is 10.3. The predicted octanol–water partition coefficient (Wildman–Crippen LogP) is 2.84. The maximum atomic E-state index is 9.18. The molecule has 0 aliphatic carbocycles. The van der Waals surface area contributed by atoms with E-state index in [2.05, 4.69) is 17.5 Å². The van der Waals surface area contributed by atoms with Crippen molar-refractivity contribution in [2.24, 2.45) is 0 Å². The Balaban J connectivity index is 2.11. The van der Waals surface area contributed by atoms with Gasteiger partial charge in [-0.2, -0.15) is 0 Å². The SMILES string of the molecule is OCC(O)/C=C/c1ccc(-c2cccs2)s1. The molecule has 2 nitrogen and oxygen atoms in total. The second-order valence-electron chi connectivity index (χ2n) is 3.29. The van der Waals surface area contributed by atoms with E-state index in [-0.39, 0.29) is 6.61 Å². The summed E-state index contributed by atoms with van der Waals surface area (Å²) in [7, 11) is 0. The van der Waals surface area contributed by atoms with Crippen LogP contribution in [0.1, 0.15) is 4.88 Å². The van der Waals surface area contributed by atoms with Crippen LogP contribution in [0.3, 0.4) is 0 Å². The summed E-state index contributed by atoms with van der Waals surface area (Å²) >= 11 is 3.39. The summed E-state index contributed by atoms with van der Waals surface area (Å²) in [5.41, 5.74) is 0. The molecule has 2 heterocycles. The lowest BCUT2D eigenvalue weighted by Crippen LogP contribution is -2.06. The molecule has 0 amide bonds. The summed E-state index contributed by atoms with van der Waals surface area (Å²) in [6, 6.07) is 8.21. The molecule has 0 spiro atoms. The summed E-state index contributed by atoms with van der Waals surface area (Å²) in [5.74, 6) is 0. The zero-order valence-corrected chi connectivity index (χ0v) is 10.2. The zero-order chi connectivity index (χ0) is 11.4. The molecule has 2 aromatic rings. The number of hydrogen-bond acceptors (Lipinski definition) is 4. The minimum atomic E-state index is -0.771. The molecule has 2 rings (SSSR count). The minimum absolute atomic E-state index is 0.236. The van der Waals surface area contributed by atoms with Crippen molar-refractivity contribution in [3.63, 3.8) is 0 Å². The van der Waals surface area contributed by atoms with Crippen LogP contribution in [-0.2, 0) is 0 Å². The molecule has 1 unspecified atom stereocenters. The van der Waals surface area contributed by atoms with Crippen LogP contribution < -0.4 is 0 Å². The second-order valence-corrected chi connectivity index (χ2v) is 5.35. The molecule has 1 atom stereocenters. The first kappa shape index (κ1) is 11.5. The van der Waals surface area contributed by atoms with Crippen molar-refractivity contribution >= 4 is 28.7 Å². The summed E-state index contributed by atoms with van der Waals surface area (Å²) < 4.78 is 0. The fraction of sp³-hybridized carbons (Fsp3) is 0.167. The van der Waals surface area contributed by atoms with E-state index in [1.807, 2.05) is 18.2 Å². The Morgan fingerprint density at radius 3 is 2.81 bits per heavy atom. The van der Waals surface area contributed by atoms with Gasteiger partial charge in [0, 0.05) is 14.6 Å². The molecule has 0 aliphatic rings. The van der Waals surface area contributed by atoms with Crippen molar-refractivity contribution in [3.8, 4) is 9.75 Å². The number of rotatable bonds is 4. The van der Waals surface area contributed by atoms with E-state index < -0.39 is 6.10 Å². The van der Waals surface area contributed by atoms with Crippen LogP contribution >= 0.6 is 22.7 Å². The minimum Gasteiger partial charge on any atom is -0.393 e. The van der Waals surface area contributed by atoms with Gasteiger partial charge in [-0.1, -0.05) is 12.1 Å². The monoisotopic (exact) mass is 252 g/mol. The highest BCUT2D eigenvalue weighted by Crippen LogP contribution is 2.31. The van der Waals surface area contributed by atoms with Gasteiger partial charge in [-0.15, -0.1) is 22.7 Å². The Kier molecular flexibility index (Phi) is 3.90. The molecule has 2 aromatic heterocycles. The third-order valence-electron chi connectivity index (χ3n) is 2.06. The zero-order valence-electron chi connectivity index (χ0n) is 8.54. The van der Waals surface area contributed by atoms with Gasteiger partial charge in [-0.25, -0.2) is 0 Å². The third kappa shape index (κ3) is 2.80. The molecule has 2 N–H and O–H groups in total. The van der Waals surface area contributed by atoms with Gasteiger partial charge in [0.05, 0.1) is 12.7 Å². The van der Waals surface area contributed by atoms with Gasteiger partial charge in [0.2, 0.25) is 0 Å². The van der Waals surface area contributed by atoms with E-state index >= 15 is 0 Å². The standard InChI is InChI=1S/C12H12O2S2/c13-8-9(14)3-4-10-5-6-12(16-10)11-2-1-7-15-11/h1-7,9,13-14H,8H2/b4-3+. The number of aliphatic hydroxyl groups excluding tert-OH is 2. The van der Waals surface area contributed by atoms with Crippen LogP contribution in [0.25, 0.3) is 15.8 Å². The summed E-state index contributed by atoms with van der Waals surface area (Å²) in [4.78, 5) is 3.57.